The van der Waals surface area contributed by atoms with E-state index in [2.05, 4.69) is 29.2 Å². The van der Waals surface area contributed by atoms with Crippen LogP contribution in [-0.4, -0.2) is 24.3 Å². The maximum atomic E-state index is 5.55. The highest BCUT2D eigenvalue weighted by Gasteiger charge is 2.45. The van der Waals surface area contributed by atoms with E-state index in [9.17, 15) is 0 Å². The first-order valence-electron chi connectivity index (χ1n) is 7.23. The summed E-state index contributed by atoms with van der Waals surface area (Å²) < 4.78 is 11.1. The van der Waals surface area contributed by atoms with Crippen LogP contribution < -0.4 is 9.47 Å². The number of allylic oxidation sites excluding steroid dienone is 1. The Hall–Kier alpha value is -1.48. The van der Waals surface area contributed by atoms with E-state index in [-0.39, 0.29) is 0 Å². The standard InChI is InChI=1S/C16H17NO2/c1-2-4-14-11(3-1)13-8-17(14)7-10-5-15-16(6-12(10)13)19-9-18-15/h1,3,5-6,11,13-14H,2,4,7-9H2/t11-,13-,14-/m0/s1. The smallest absolute Gasteiger partial charge is 0.231 e. The summed E-state index contributed by atoms with van der Waals surface area (Å²) >= 11 is 0. The van der Waals surface area contributed by atoms with E-state index >= 15 is 0 Å². The Morgan fingerprint density at radius 1 is 1.16 bits per heavy atom. The minimum absolute atomic E-state index is 0.374. The number of fused-ring (bicyclic) bond motifs is 8. The van der Waals surface area contributed by atoms with Crippen LogP contribution >= 0.6 is 0 Å². The Morgan fingerprint density at radius 3 is 3.00 bits per heavy atom. The zero-order valence-electron chi connectivity index (χ0n) is 10.8. The topological polar surface area (TPSA) is 21.7 Å². The predicted octanol–water partition coefficient (Wildman–Crippen LogP) is 2.66. The number of rotatable bonds is 0. The van der Waals surface area contributed by atoms with E-state index in [0.717, 1.165) is 24.1 Å². The van der Waals surface area contributed by atoms with E-state index in [1.54, 1.807) is 0 Å². The van der Waals surface area contributed by atoms with Crippen molar-refractivity contribution in [1.82, 2.24) is 4.90 Å². The maximum absolute atomic E-state index is 5.55. The molecule has 98 valence electrons. The molecule has 0 radical (unpaired) electrons. The molecule has 3 heterocycles. The van der Waals surface area contributed by atoms with Gasteiger partial charge in [-0.1, -0.05) is 12.2 Å². The second-order valence-electron chi connectivity index (χ2n) is 6.09. The molecular weight excluding hydrogens is 238 g/mol. The van der Waals surface area contributed by atoms with Crippen LogP contribution in [0.4, 0.5) is 0 Å². The first-order valence-corrected chi connectivity index (χ1v) is 7.23. The molecule has 3 heteroatoms. The van der Waals surface area contributed by atoms with Gasteiger partial charge in [-0.05, 0) is 36.1 Å². The molecule has 3 nitrogen and oxygen atoms in total. The SMILES string of the molecule is C1=C[C@H]2[C@@H]3CN(Cc4cc5c(cc43)OCO5)[C@H]2CC1. The second-order valence-corrected chi connectivity index (χ2v) is 6.09. The quantitative estimate of drug-likeness (QED) is 0.665. The predicted molar refractivity (Wildman–Crippen MR) is 71.4 cm³/mol. The van der Waals surface area contributed by atoms with Crippen molar-refractivity contribution >= 4 is 0 Å². The lowest BCUT2D eigenvalue weighted by Gasteiger charge is -2.28. The van der Waals surface area contributed by atoms with Crippen molar-refractivity contribution in [2.75, 3.05) is 13.3 Å². The normalized spacial score (nSPS) is 37.1. The van der Waals surface area contributed by atoms with Gasteiger partial charge < -0.3 is 9.47 Å². The molecular formula is C16H17NO2. The summed E-state index contributed by atoms with van der Waals surface area (Å²) in [6, 6.07) is 5.20. The molecule has 19 heavy (non-hydrogen) atoms. The third-order valence-electron chi connectivity index (χ3n) is 5.20. The van der Waals surface area contributed by atoms with Gasteiger partial charge in [-0.15, -0.1) is 0 Å². The molecule has 0 aromatic heterocycles. The van der Waals surface area contributed by atoms with Crippen molar-refractivity contribution in [3.63, 3.8) is 0 Å². The van der Waals surface area contributed by atoms with Gasteiger partial charge in [0.15, 0.2) is 11.5 Å². The van der Waals surface area contributed by atoms with Crippen LogP contribution in [0.15, 0.2) is 24.3 Å². The summed E-state index contributed by atoms with van der Waals surface area (Å²) in [7, 11) is 0. The molecule has 0 saturated carbocycles. The summed E-state index contributed by atoms with van der Waals surface area (Å²) in [4.78, 5) is 2.67. The average Bonchev–Trinajstić information content (AvgIpc) is 3.01. The first kappa shape index (κ1) is 10.3. The zero-order valence-corrected chi connectivity index (χ0v) is 10.8. The van der Waals surface area contributed by atoms with Crippen molar-refractivity contribution < 1.29 is 9.47 Å². The highest BCUT2D eigenvalue weighted by atomic mass is 16.7. The Morgan fingerprint density at radius 2 is 2.05 bits per heavy atom. The van der Waals surface area contributed by atoms with Crippen LogP contribution in [-0.2, 0) is 6.54 Å². The third kappa shape index (κ3) is 1.31. The van der Waals surface area contributed by atoms with Crippen LogP contribution in [0.25, 0.3) is 0 Å². The van der Waals surface area contributed by atoms with E-state index in [0.29, 0.717) is 18.6 Å². The summed E-state index contributed by atoms with van der Waals surface area (Å²) in [6.45, 7) is 2.67. The van der Waals surface area contributed by atoms with Crippen molar-refractivity contribution in [3.8, 4) is 11.5 Å². The highest BCUT2D eigenvalue weighted by molar-refractivity contribution is 5.52. The van der Waals surface area contributed by atoms with Gasteiger partial charge in [-0.25, -0.2) is 0 Å². The van der Waals surface area contributed by atoms with E-state index in [4.69, 9.17) is 9.47 Å². The molecule has 0 amide bonds. The van der Waals surface area contributed by atoms with Crippen LogP contribution in [0, 0.1) is 5.92 Å². The van der Waals surface area contributed by atoms with E-state index in [1.807, 2.05) is 0 Å². The minimum Gasteiger partial charge on any atom is -0.454 e. The van der Waals surface area contributed by atoms with Crippen molar-refractivity contribution in [2.45, 2.75) is 31.3 Å². The fourth-order valence-corrected chi connectivity index (χ4v) is 4.37. The van der Waals surface area contributed by atoms with Crippen molar-refractivity contribution in [2.24, 2.45) is 5.92 Å². The first-order chi connectivity index (χ1) is 9.40. The Balaban J connectivity index is 1.65. The molecule has 1 unspecified atom stereocenters. The van der Waals surface area contributed by atoms with Gasteiger partial charge in [0.1, 0.15) is 0 Å². The number of nitrogens with zero attached hydrogens (tertiary/aromatic N) is 1. The number of hydrogen-bond donors (Lipinski definition) is 0. The van der Waals surface area contributed by atoms with Gasteiger partial charge >= 0.3 is 0 Å². The summed E-state index contributed by atoms with van der Waals surface area (Å²) in [6.07, 6.45) is 7.38. The summed E-state index contributed by atoms with van der Waals surface area (Å²) in [5, 5.41) is 0. The molecule has 1 fully saturated rings. The molecule has 1 aromatic rings. The fraction of sp³-hybridized carbons (Fsp3) is 0.500. The number of ether oxygens (including phenoxy) is 2. The summed E-state index contributed by atoms with van der Waals surface area (Å²) in [5.74, 6) is 3.23. The zero-order chi connectivity index (χ0) is 12.4. The maximum Gasteiger partial charge on any atom is 0.231 e. The lowest BCUT2D eigenvalue weighted by atomic mass is 9.80. The summed E-state index contributed by atoms with van der Waals surface area (Å²) in [5.41, 5.74) is 2.95. The Labute approximate surface area is 112 Å². The van der Waals surface area contributed by atoms with Gasteiger partial charge in [0.2, 0.25) is 6.79 Å². The Bertz CT molecular complexity index is 580. The molecule has 0 N–H and O–H groups in total. The highest BCUT2D eigenvalue weighted by Crippen LogP contribution is 2.50. The fourth-order valence-electron chi connectivity index (χ4n) is 4.37. The molecule has 1 saturated heterocycles. The van der Waals surface area contributed by atoms with Gasteiger partial charge in [0.25, 0.3) is 0 Å². The second kappa shape index (κ2) is 3.54. The minimum atomic E-state index is 0.374. The lowest BCUT2D eigenvalue weighted by molar-refractivity contribution is 0.173. The van der Waals surface area contributed by atoms with E-state index in [1.165, 1.54) is 30.5 Å². The molecule has 1 aromatic carbocycles. The van der Waals surface area contributed by atoms with Crippen LogP contribution in [0.5, 0.6) is 11.5 Å². The lowest BCUT2D eigenvalue weighted by Crippen LogP contribution is -2.33. The third-order valence-corrected chi connectivity index (χ3v) is 5.20. The van der Waals surface area contributed by atoms with Gasteiger partial charge in [-0.3, -0.25) is 4.90 Å². The molecule has 1 aliphatic carbocycles. The molecule has 4 atom stereocenters. The molecule has 5 rings (SSSR count). The van der Waals surface area contributed by atoms with Crippen molar-refractivity contribution in [1.29, 1.82) is 0 Å². The monoisotopic (exact) mass is 255 g/mol. The van der Waals surface area contributed by atoms with Gasteiger partial charge in [-0.2, -0.15) is 0 Å². The van der Waals surface area contributed by atoms with E-state index < -0.39 is 0 Å². The van der Waals surface area contributed by atoms with Crippen LogP contribution in [0.3, 0.4) is 0 Å². The van der Waals surface area contributed by atoms with Crippen LogP contribution in [0.1, 0.15) is 29.9 Å². The van der Waals surface area contributed by atoms with Crippen LogP contribution in [0.2, 0.25) is 0 Å². The average molecular weight is 255 g/mol. The van der Waals surface area contributed by atoms with Gasteiger partial charge in [0.05, 0.1) is 0 Å². The molecule has 3 aliphatic heterocycles. The Kier molecular flexibility index (Phi) is 1.92. The number of hydrogen-bond acceptors (Lipinski definition) is 3. The van der Waals surface area contributed by atoms with Crippen molar-refractivity contribution in [3.05, 3.63) is 35.4 Å². The molecule has 0 spiro atoms. The number of benzene rings is 1. The largest absolute Gasteiger partial charge is 0.454 e. The molecule has 4 aliphatic rings. The molecule has 2 bridgehead atoms. The van der Waals surface area contributed by atoms with Gasteiger partial charge in [0, 0.05) is 31.0 Å².